The number of hydrogen-bond acceptors (Lipinski definition) is 7. The van der Waals surface area contributed by atoms with Gasteiger partial charge in [0, 0.05) is 12.5 Å². The zero-order chi connectivity index (χ0) is 27.0. The Labute approximate surface area is 226 Å². The summed E-state index contributed by atoms with van der Waals surface area (Å²) in [4.78, 5) is 17.9. The van der Waals surface area contributed by atoms with Gasteiger partial charge in [0.25, 0.3) is 0 Å². The molecule has 0 aromatic heterocycles. The first-order chi connectivity index (χ1) is 18.3. The van der Waals surface area contributed by atoms with E-state index in [0.717, 1.165) is 30.7 Å². The fourth-order valence-electron chi connectivity index (χ4n) is 4.68. The van der Waals surface area contributed by atoms with Crippen LogP contribution >= 0.6 is 0 Å². The molecule has 3 aromatic carbocycles. The van der Waals surface area contributed by atoms with Crippen LogP contribution in [0.15, 0.2) is 66.7 Å². The Morgan fingerprint density at radius 2 is 1.79 bits per heavy atom. The molecule has 204 valence electrons. The maximum atomic E-state index is 12.3. The summed E-state index contributed by atoms with van der Waals surface area (Å²) in [6.07, 6.45) is 0.885. The van der Waals surface area contributed by atoms with Gasteiger partial charge in [-0.1, -0.05) is 48.5 Å². The molecule has 2 atom stereocenters. The highest BCUT2D eigenvalue weighted by molar-refractivity contribution is 5.82. The molecule has 3 aromatic rings. The monoisotopic (exact) mass is 520 g/mol. The van der Waals surface area contributed by atoms with Crippen LogP contribution in [0, 0.1) is 0 Å². The molecule has 1 fully saturated rings. The number of carbonyl (C=O) groups excluding carboxylic acids is 1. The predicted octanol–water partition coefficient (Wildman–Crippen LogP) is 6.07. The van der Waals surface area contributed by atoms with E-state index in [-0.39, 0.29) is 12.0 Å². The van der Waals surface area contributed by atoms with Gasteiger partial charge in [-0.15, -0.1) is 5.06 Å². The molecule has 1 saturated heterocycles. The van der Waals surface area contributed by atoms with Crippen molar-refractivity contribution in [3.05, 3.63) is 77.9 Å². The number of hydroxylamine groups is 2. The molecule has 1 heterocycles. The average Bonchev–Trinajstić information content (AvgIpc) is 2.89. The Kier molecular flexibility index (Phi) is 9.61. The zero-order valence-corrected chi connectivity index (χ0v) is 22.9. The van der Waals surface area contributed by atoms with Crippen molar-refractivity contribution in [3.8, 4) is 5.75 Å². The molecule has 7 nitrogen and oxygen atoms in total. The number of piperidine rings is 1. The molecule has 0 radical (unpaired) electrons. The number of fused-ring (bicyclic) bond motifs is 1. The van der Waals surface area contributed by atoms with Gasteiger partial charge in [0.1, 0.15) is 11.4 Å². The highest BCUT2D eigenvalue weighted by Crippen LogP contribution is 2.33. The summed E-state index contributed by atoms with van der Waals surface area (Å²) in [5, 5.41) is 7.19. The SMILES string of the molecule is CNCCCOc1ccc(C2CCN(OC(=O)OC(C)(C)C)CC2OCc2ccc3ccccc3c2)cc1. The standard InChI is InChI=1S/C31H40N2O5/c1-31(2,3)37-30(34)38-33-18-16-28(25-12-14-27(15-13-25)35-19-7-17-32-4)29(21-33)36-22-23-10-11-24-8-5-6-9-26(24)20-23/h5-6,8-15,20,28-29,32H,7,16-19,21-22H2,1-4H3. The van der Waals surface area contributed by atoms with Gasteiger partial charge in [0.15, 0.2) is 0 Å². The number of nitrogens with zero attached hydrogens (tertiary/aromatic N) is 1. The molecule has 0 saturated carbocycles. The molecular formula is C31H40N2O5. The molecule has 1 N–H and O–H groups in total. The summed E-state index contributed by atoms with van der Waals surface area (Å²) in [7, 11) is 1.94. The van der Waals surface area contributed by atoms with Crippen LogP contribution in [0.25, 0.3) is 10.8 Å². The highest BCUT2D eigenvalue weighted by atomic mass is 16.8. The third-order valence-corrected chi connectivity index (χ3v) is 6.54. The average molecular weight is 521 g/mol. The molecule has 7 heteroatoms. The molecule has 0 amide bonds. The highest BCUT2D eigenvalue weighted by Gasteiger charge is 2.34. The topological polar surface area (TPSA) is 69.3 Å². The van der Waals surface area contributed by atoms with E-state index in [1.807, 2.05) is 52.1 Å². The van der Waals surface area contributed by atoms with Crippen LogP contribution in [0.4, 0.5) is 4.79 Å². The maximum Gasteiger partial charge on any atom is 0.528 e. The van der Waals surface area contributed by atoms with Crippen molar-refractivity contribution in [3.63, 3.8) is 0 Å². The third-order valence-electron chi connectivity index (χ3n) is 6.54. The van der Waals surface area contributed by atoms with Crippen molar-refractivity contribution >= 4 is 16.9 Å². The van der Waals surface area contributed by atoms with E-state index in [4.69, 9.17) is 19.0 Å². The van der Waals surface area contributed by atoms with Crippen LogP contribution in [0.5, 0.6) is 5.75 Å². The van der Waals surface area contributed by atoms with Crippen molar-refractivity contribution in [2.45, 2.75) is 57.8 Å². The van der Waals surface area contributed by atoms with Crippen molar-refractivity contribution in [2.24, 2.45) is 0 Å². The quantitative estimate of drug-likeness (QED) is 0.257. The summed E-state index contributed by atoms with van der Waals surface area (Å²) in [6, 6.07) is 23.0. The van der Waals surface area contributed by atoms with Crippen LogP contribution in [-0.2, 0) is 20.9 Å². The van der Waals surface area contributed by atoms with E-state index in [1.165, 1.54) is 16.3 Å². The van der Waals surface area contributed by atoms with Crippen molar-refractivity contribution in [1.82, 2.24) is 10.4 Å². The van der Waals surface area contributed by atoms with Gasteiger partial charge in [-0.3, -0.25) is 0 Å². The summed E-state index contributed by atoms with van der Waals surface area (Å²) < 4.78 is 17.7. The third kappa shape index (κ3) is 8.18. The Hall–Kier alpha value is -3.13. The van der Waals surface area contributed by atoms with E-state index < -0.39 is 11.8 Å². The van der Waals surface area contributed by atoms with Crippen LogP contribution < -0.4 is 10.1 Å². The van der Waals surface area contributed by atoms with E-state index in [1.54, 1.807) is 5.06 Å². The first-order valence-corrected chi connectivity index (χ1v) is 13.4. The Morgan fingerprint density at radius 3 is 2.53 bits per heavy atom. The van der Waals surface area contributed by atoms with Gasteiger partial charge in [-0.25, -0.2) is 4.79 Å². The molecule has 4 rings (SSSR count). The molecule has 1 aliphatic rings. The summed E-state index contributed by atoms with van der Waals surface area (Å²) in [5.41, 5.74) is 1.68. The number of nitrogens with one attached hydrogen (secondary N) is 1. The fourth-order valence-corrected chi connectivity index (χ4v) is 4.68. The number of rotatable bonds is 10. The molecule has 38 heavy (non-hydrogen) atoms. The van der Waals surface area contributed by atoms with Gasteiger partial charge >= 0.3 is 6.16 Å². The number of hydrogen-bond donors (Lipinski definition) is 1. The van der Waals surface area contributed by atoms with Crippen molar-refractivity contribution in [1.29, 1.82) is 0 Å². The second kappa shape index (κ2) is 13.1. The van der Waals surface area contributed by atoms with Crippen LogP contribution in [-0.4, -0.2) is 56.2 Å². The molecule has 2 unspecified atom stereocenters. The molecule has 0 spiro atoms. The Balaban J connectivity index is 1.44. The summed E-state index contributed by atoms with van der Waals surface area (Å²) in [5.74, 6) is 1.02. The van der Waals surface area contributed by atoms with Gasteiger partial charge in [0.2, 0.25) is 0 Å². The van der Waals surface area contributed by atoms with Crippen molar-refractivity contribution in [2.75, 3.05) is 33.3 Å². The molecule has 1 aliphatic heterocycles. The minimum atomic E-state index is -0.691. The van der Waals surface area contributed by atoms with E-state index in [9.17, 15) is 4.79 Å². The molecular weight excluding hydrogens is 480 g/mol. The number of benzene rings is 3. The summed E-state index contributed by atoms with van der Waals surface area (Å²) >= 11 is 0. The van der Waals surface area contributed by atoms with E-state index in [0.29, 0.717) is 26.3 Å². The number of ether oxygens (including phenoxy) is 3. The number of carbonyl (C=O) groups is 1. The Morgan fingerprint density at radius 1 is 1.03 bits per heavy atom. The lowest BCUT2D eigenvalue weighted by molar-refractivity contribution is -0.179. The van der Waals surface area contributed by atoms with Crippen LogP contribution in [0.1, 0.15) is 50.7 Å². The lowest BCUT2D eigenvalue weighted by Crippen LogP contribution is -2.45. The molecule has 0 bridgehead atoms. The van der Waals surface area contributed by atoms with Crippen LogP contribution in [0.3, 0.4) is 0 Å². The molecule has 0 aliphatic carbocycles. The lowest BCUT2D eigenvalue weighted by atomic mass is 9.87. The minimum absolute atomic E-state index is 0.160. The zero-order valence-electron chi connectivity index (χ0n) is 22.9. The van der Waals surface area contributed by atoms with Gasteiger partial charge < -0.3 is 24.4 Å². The fraction of sp³-hybridized carbons (Fsp3) is 0.452. The second-order valence-electron chi connectivity index (χ2n) is 10.7. The Bertz CT molecular complexity index is 1170. The van der Waals surface area contributed by atoms with Gasteiger partial charge in [-0.05, 0) is 87.3 Å². The first kappa shape index (κ1) is 27.9. The first-order valence-electron chi connectivity index (χ1n) is 13.4. The minimum Gasteiger partial charge on any atom is -0.494 e. The van der Waals surface area contributed by atoms with E-state index in [2.05, 4.69) is 47.8 Å². The van der Waals surface area contributed by atoms with Gasteiger partial charge in [-0.2, -0.15) is 0 Å². The second-order valence-corrected chi connectivity index (χ2v) is 10.7. The van der Waals surface area contributed by atoms with Crippen molar-refractivity contribution < 1.29 is 23.8 Å². The van der Waals surface area contributed by atoms with Gasteiger partial charge in [0.05, 0.1) is 25.9 Å². The summed E-state index contributed by atoms with van der Waals surface area (Å²) in [6.45, 7) is 8.61. The van der Waals surface area contributed by atoms with E-state index >= 15 is 0 Å². The normalized spacial score (nSPS) is 18.3. The lowest BCUT2D eigenvalue weighted by Gasteiger charge is -2.37. The predicted molar refractivity (Wildman–Crippen MR) is 149 cm³/mol. The van der Waals surface area contributed by atoms with Crippen LogP contribution in [0.2, 0.25) is 0 Å². The smallest absolute Gasteiger partial charge is 0.494 e. The maximum absolute atomic E-state index is 12.3. The largest absolute Gasteiger partial charge is 0.528 e.